The number of rotatable bonds is 12. The number of aromatic carboxylic acids is 1. The third-order valence-electron chi connectivity index (χ3n) is 5.49. The summed E-state index contributed by atoms with van der Waals surface area (Å²) >= 11 is 2.85. The number of carboxylic acids is 1. The molecule has 0 spiro atoms. The first-order chi connectivity index (χ1) is 13.4. The lowest BCUT2D eigenvalue weighted by Gasteiger charge is -2.15. The van der Waals surface area contributed by atoms with Crippen molar-refractivity contribution in [2.75, 3.05) is 5.75 Å². The Balaban J connectivity index is 1.76. The summed E-state index contributed by atoms with van der Waals surface area (Å²) in [6.07, 6.45) is 9.83. The van der Waals surface area contributed by atoms with Crippen LogP contribution in [0.25, 0.3) is 0 Å². The molecule has 1 aromatic heterocycles. The van der Waals surface area contributed by atoms with Gasteiger partial charge in [-0.3, -0.25) is 4.79 Å². The van der Waals surface area contributed by atoms with Gasteiger partial charge in [-0.05, 0) is 43.9 Å². The Kier molecular flexibility index (Phi) is 9.68. The maximum absolute atomic E-state index is 12.2. The maximum Gasteiger partial charge on any atom is 0.355 e. The van der Waals surface area contributed by atoms with Crippen molar-refractivity contribution in [3.05, 3.63) is 23.2 Å². The van der Waals surface area contributed by atoms with Crippen LogP contribution in [-0.2, 0) is 4.79 Å². The van der Waals surface area contributed by atoms with Gasteiger partial charge in [0.15, 0.2) is 10.0 Å². The van der Waals surface area contributed by atoms with E-state index in [1.54, 1.807) is 5.38 Å². The number of allylic oxidation sites excluding steroid dienone is 1. The molecule has 0 amide bonds. The Labute approximate surface area is 175 Å². The zero-order valence-electron chi connectivity index (χ0n) is 16.7. The molecule has 1 aromatic rings. The number of aliphatic hydroxyl groups is 1. The Morgan fingerprint density at radius 3 is 2.93 bits per heavy atom. The molecule has 28 heavy (non-hydrogen) atoms. The molecule has 1 aliphatic rings. The lowest BCUT2D eigenvalue weighted by Crippen LogP contribution is -2.14. The average molecular weight is 426 g/mol. The van der Waals surface area contributed by atoms with Crippen LogP contribution in [-0.4, -0.2) is 38.8 Å². The zero-order valence-corrected chi connectivity index (χ0v) is 18.3. The molecule has 0 bridgehead atoms. The van der Waals surface area contributed by atoms with E-state index in [0.29, 0.717) is 24.5 Å². The molecule has 4 atom stereocenters. The molecular formula is C21H31NO4S2. The molecular weight excluding hydrogens is 394 g/mol. The Morgan fingerprint density at radius 1 is 1.46 bits per heavy atom. The minimum Gasteiger partial charge on any atom is -0.476 e. The molecule has 5 nitrogen and oxygen atoms in total. The quantitative estimate of drug-likeness (QED) is 0.360. The van der Waals surface area contributed by atoms with Gasteiger partial charge in [0, 0.05) is 23.5 Å². The number of aromatic nitrogens is 1. The van der Waals surface area contributed by atoms with Gasteiger partial charge in [0.25, 0.3) is 0 Å². The molecule has 0 aliphatic heterocycles. The molecule has 1 heterocycles. The number of hydrogen-bond donors (Lipinski definition) is 2. The first-order valence-electron chi connectivity index (χ1n) is 10.1. The average Bonchev–Trinajstić information content (AvgIpc) is 3.28. The van der Waals surface area contributed by atoms with Crippen molar-refractivity contribution in [2.45, 2.75) is 69.2 Å². The van der Waals surface area contributed by atoms with Crippen LogP contribution >= 0.6 is 23.1 Å². The number of hydrogen-bond acceptors (Lipinski definition) is 6. The number of carbonyl (C=O) groups excluding carboxylic acids is 1. The lowest BCUT2D eigenvalue weighted by atomic mass is 9.92. The van der Waals surface area contributed by atoms with E-state index < -0.39 is 5.97 Å². The number of ketones is 1. The smallest absolute Gasteiger partial charge is 0.355 e. The Morgan fingerprint density at radius 2 is 2.25 bits per heavy atom. The summed E-state index contributed by atoms with van der Waals surface area (Å²) in [6.45, 7) is 4.38. The van der Waals surface area contributed by atoms with Crippen molar-refractivity contribution in [1.82, 2.24) is 4.98 Å². The second kappa shape index (κ2) is 11.7. The maximum atomic E-state index is 12.2. The number of aliphatic hydroxyl groups excluding tert-OH is 1. The van der Waals surface area contributed by atoms with E-state index in [9.17, 15) is 14.7 Å². The minimum absolute atomic E-state index is 0.0277. The first-order valence-corrected chi connectivity index (χ1v) is 12.0. The molecule has 2 N–H and O–H groups in total. The fourth-order valence-corrected chi connectivity index (χ4v) is 5.34. The van der Waals surface area contributed by atoms with Crippen molar-refractivity contribution in [3.8, 4) is 0 Å². The topological polar surface area (TPSA) is 87.5 Å². The summed E-state index contributed by atoms with van der Waals surface area (Å²) in [5.41, 5.74) is 0.0807. The Hall–Kier alpha value is -1.18. The Bertz CT molecular complexity index is 673. The summed E-state index contributed by atoms with van der Waals surface area (Å²) in [5, 5.41) is 20.6. The number of carboxylic acid groups (broad SMARTS) is 1. The highest BCUT2D eigenvalue weighted by Gasteiger charge is 2.32. The predicted octanol–water partition coefficient (Wildman–Crippen LogP) is 5.05. The molecule has 0 saturated heterocycles. The third-order valence-corrected chi connectivity index (χ3v) is 7.55. The molecule has 1 saturated carbocycles. The van der Waals surface area contributed by atoms with Crippen LogP contribution < -0.4 is 0 Å². The van der Waals surface area contributed by atoms with Crippen molar-refractivity contribution in [3.63, 3.8) is 0 Å². The highest BCUT2D eigenvalue weighted by molar-refractivity contribution is 8.01. The van der Waals surface area contributed by atoms with E-state index in [1.165, 1.54) is 23.1 Å². The summed E-state index contributed by atoms with van der Waals surface area (Å²) in [6, 6.07) is 0. The van der Waals surface area contributed by atoms with Gasteiger partial charge in [0.05, 0.1) is 6.10 Å². The van der Waals surface area contributed by atoms with Crippen LogP contribution in [0.3, 0.4) is 0 Å². The van der Waals surface area contributed by atoms with Crippen molar-refractivity contribution >= 4 is 34.9 Å². The summed E-state index contributed by atoms with van der Waals surface area (Å²) < 4.78 is 0.736. The molecule has 0 aromatic carbocycles. The zero-order chi connectivity index (χ0) is 20.5. The van der Waals surface area contributed by atoms with Crippen LogP contribution in [0.2, 0.25) is 0 Å². The second-order valence-electron chi connectivity index (χ2n) is 7.62. The number of thioether (sulfide) groups is 1. The summed E-state index contributed by atoms with van der Waals surface area (Å²) in [4.78, 5) is 27.2. The van der Waals surface area contributed by atoms with E-state index in [1.807, 2.05) is 6.08 Å². The summed E-state index contributed by atoms with van der Waals surface area (Å²) in [7, 11) is 0. The highest BCUT2D eigenvalue weighted by atomic mass is 32.2. The molecule has 1 aliphatic carbocycles. The summed E-state index contributed by atoms with van der Waals surface area (Å²) in [5.74, 6) is 0.992. The lowest BCUT2D eigenvalue weighted by molar-refractivity contribution is -0.121. The van der Waals surface area contributed by atoms with Gasteiger partial charge in [0.2, 0.25) is 0 Å². The SMILES string of the molecule is CC[C@H](C)CC[C@H](O)CC=C[C@H]1CCC(=O)[C@@H]1CCSc1nc(C(=O)O)cs1. The van der Waals surface area contributed by atoms with Crippen LogP contribution in [0, 0.1) is 17.8 Å². The third kappa shape index (κ3) is 7.33. The first kappa shape index (κ1) is 23.1. The van der Waals surface area contributed by atoms with Crippen LogP contribution in [0.15, 0.2) is 21.9 Å². The van der Waals surface area contributed by atoms with Crippen LogP contribution in [0.5, 0.6) is 0 Å². The van der Waals surface area contributed by atoms with Gasteiger partial charge in [-0.15, -0.1) is 11.3 Å². The molecule has 0 unspecified atom stereocenters. The van der Waals surface area contributed by atoms with E-state index in [-0.39, 0.29) is 23.6 Å². The highest BCUT2D eigenvalue weighted by Crippen LogP contribution is 2.35. The molecule has 2 rings (SSSR count). The van der Waals surface area contributed by atoms with Crippen LogP contribution in [0.1, 0.15) is 69.3 Å². The minimum atomic E-state index is -1.01. The van der Waals surface area contributed by atoms with E-state index >= 15 is 0 Å². The normalized spacial score (nSPS) is 22.0. The van der Waals surface area contributed by atoms with Crippen molar-refractivity contribution in [2.24, 2.45) is 17.8 Å². The van der Waals surface area contributed by atoms with Gasteiger partial charge in [0.1, 0.15) is 5.78 Å². The second-order valence-corrected chi connectivity index (χ2v) is 9.82. The number of carbonyl (C=O) groups is 2. The molecule has 156 valence electrons. The standard InChI is InChI=1S/C21H31NO4S2/c1-3-14(2)7-9-16(23)6-4-5-15-8-10-19(24)17(15)11-12-27-21-22-18(13-28-21)20(25)26/h4-5,13-17,23H,3,6-12H2,1-2H3,(H,25,26)/t14-,15-,16+,17+/m0/s1. The number of Topliss-reactive ketones (excluding diaryl/α,β-unsaturated/α-hetero) is 1. The largest absolute Gasteiger partial charge is 0.476 e. The molecule has 0 radical (unpaired) electrons. The fourth-order valence-electron chi connectivity index (χ4n) is 3.44. The number of thiazole rings is 1. The van der Waals surface area contributed by atoms with E-state index in [4.69, 9.17) is 5.11 Å². The van der Waals surface area contributed by atoms with E-state index in [2.05, 4.69) is 24.9 Å². The van der Waals surface area contributed by atoms with Crippen molar-refractivity contribution < 1.29 is 19.8 Å². The van der Waals surface area contributed by atoms with Crippen LogP contribution in [0.4, 0.5) is 0 Å². The predicted molar refractivity (Wildman–Crippen MR) is 114 cm³/mol. The van der Waals surface area contributed by atoms with Gasteiger partial charge < -0.3 is 10.2 Å². The monoisotopic (exact) mass is 425 g/mol. The fraction of sp³-hybridized carbons (Fsp3) is 0.667. The van der Waals surface area contributed by atoms with Gasteiger partial charge >= 0.3 is 5.97 Å². The van der Waals surface area contributed by atoms with Gasteiger partial charge in [-0.1, -0.05) is 44.2 Å². The number of nitrogens with zero attached hydrogens (tertiary/aromatic N) is 1. The van der Waals surface area contributed by atoms with Crippen molar-refractivity contribution in [1.29, 1.82) is 0 Å². The molecule has 1 fully saturated rings. The van der Waals surface area contributed by atoms with E-state index in [0.717, 1.165) is 42.2 Å². The van der Waals surface area contributed by atoms with Gasteiger partial charge in [-0.2, -0.15) is 0 Å². The molecule has 7 heteroatoms. The van der Waals surface area contributed by atoms with Gasteiger partial charge in [-0.25, -0.2) is 9.78 Å².